The molecule has 0 aliphatic heterocycles. The van der Waals surface area contributed by atoms with Crippen LogP contribution in [0.25, 0.3) is 0 Å². The van der Waals surface area contributed by atoms with Crippen LogP contribution in [-0.2, 0) is 28.6 Å². The van der Waals surface area contributed by atoms with Crippen molar-refractivity contribution < 1.29 is 28.6 Å². The van der Waals surface area contributed by atoms with E-state index in [0.717, 1.165) is 77.0 Å². The Bertz CT molecular complexity index is 1190. The van der Waals surface area contributed by atoms with Gasteiger partial charge in [0.15, 0.2) is 6.10 Å². The minimum atomic E-state index is -0.776. The molecule has 1 atom stereocenters. The molecular weight excluding hydrogens is 877 g/mol. The average molecular weight is 998 g/mol. The Balaban J connectivity index is 4.35. The molecule has 0 N–H and O–H groups in total. The Morgan fingerprint density at radius 1 is 0.282 bits per heavy atom. The van der Waals surface area contributed by atoms with Crippen LogP contribution in [0.2, 0.25) is 0 Å². The Labute approximate surface area is 442 Å². The summed E-state index contributed by atoms with van der Waals surface area (Å²) in [5.74, 6) is -0.866. The smallest absolute Gasteiger partial charge is 0.306 e. The summed E-state index contributed by atoms with van der Waals surface area (Å²) in [4.78, 5) is 38.3. The molecule has 0 saturated carbocycles. The number of carbonyl (C=O) groups is 3. The molecule has 71 heavy (non-hydrogen) atoms. The number of unbranched alkanes of at least 4 members (excludes halogenated alkanes) is 41. The fourth-order valence-electron chi connectivity index (χ4n) is 9.35. The molecule has 0 aromatic rings. The van der Waals surface area contributed by atoms with Crippen molar-refractivity contribution in [2.45, 2.75) is 348 Å². The maximum absolute atomic E-state index is 12.9. The van der Waals surface area contributed by atoms with E-state index in [1.165, 1.54) is 225 Å². The van der Waals surface area contributed by atoms with Crippen molar-refractivity contribution in [2.24, 2.45) is 0 Å². The third kappa shape index (κ3) is 58.4. The van der Waals surface area contributed by atoms with Gasteiger partial charge in [0, 0.05) is 19.3 Å². The van der Waals surface area contributed by atoms with Crippen LogP contribution >= 0.6 is 0 Å². The second-order valence-corrected chi connectivity index (χ2v) is 21.3. The number of carbonyl (C=O) groups excluding carboxylic acids is 3. The zero-order valence-electron chi connectivity index (χ0n) is 47.8. The lowest BCUT2D eigenvalue weighted by atomic mass is 10.0. The van der Waals surface area contributed by atoms with E-state index in [1.807, 2.05) is 0 Å². The summed E-state index contributed by atoms with van der Waals surface area (Å²) in [5.41, 5.74) is 0. The summed E-state index contributed by atoms with van der Waals surface area (Å²) in [5, 5.41) is 0. The van der Waals surface area contributed by atoms with Gasteiger partial charge in [0.2, 0.25) is 0 Å². The Morgan fingerprint density at radius 2 is 0.507 bits per heavy atom. The standard InChI is InChI=1S/C65H120O6/c1-4-7-10-13-16-19-22-25-28-31-33-35-37-40-43-46-49-52-55-58-64(67)70-61-62(60-69-63(66)57-54-51-48-45-42-39-36-30-27-24-21-18-15-12-9-6-3)71-65(68)59-56-53-50-47-44-41-38-34-32-29-26-23-20-17-14-11-8-5-2/h21,24-25,28,30,36,62H,4-20,22-23,26-27,29,31-35,37-61H2,1-3H3/b24-21-,28-25-,36-30-. The van der Waals surface area contributed by atoms with Gasteiger partial charge in [0.05, 0.1) is 0 Å². The molecule has 0 saturated heterocycles. The minimum Gasteiger partial charge on any atom is -0.462 e. The molecule has 0 fully saturated rings. The number of esters is 3. The summed E-state index contributed by atoms with van der Waals surface area (Å²) < 4.78 is 16.9. The topological polar surface area (TPSA) is 78.9 Å². The maximum atomic E-state index is 12.9. The van der Waals surface area contributed by atoms with Gasteiger partial charge >= 0.3 is 17.9 Å². The molecular formula is C65H120O6. The first-order valence-electron chi connectivity index (χ1n) is 31.5. The van der Waals surface area contributed by atoms with Crippen molar-refractivity contribution in [3.8, 4) is 0 Å². The van der Waals surface area contributed by atoms with Crippen LogP contribution in [0.4, 0.5) is 0 Å². The normalized spacial score (nSPS) is 12.2. The summed E-state index contributed by atoms with van der Waals surface area (Å²) in [6.07, 6.45) is 72.8. The predicted molar refractivity (Wildman–Crippen MR) is 307 cm³/mol. The Kier molecular flexibility index (Phi) is 58.2. The number of allylic oxidation sites excluding steroid dienone is 6. The van der Waals surface area contributed by atoms with Crippen LogP contribution in [-0.4, -0.2) is 37.2 Å². The van der Waals surface area contributed by atoms with E-state index < -0.39 is 6.10 Å². The third-order valence-electron chi connectivity index (χ3n) is 14.1. The molecule has 0 aromatic carbocycles. The van der Waals surface area contributed by atoms with Gasteiger partial charge in [-0.3, -0.25) is 14.4 Å². The van der Waals surface area contributed by atoms with Gasteiger partial charge in [0.25, 0.3) is 0 Å². The third-order valence-corrected chi connectivity index (χ3v) is 14.1. The highest BCUT2D eigenvalue weighted by atomic mass is 16.6. The molecule has 0 spiro atoms. The molecule has 6 heteroatoms. The van der Waals surface area contributed by atoms with Crippen LogP contribution in [0.5, 0.6) is 0 Å². The zero-order valence-corrected chi connectivity index (χ0v) is 47.8. The number of rotatable bonds is 58. The molecule has 0 radical (unpaired) electrons. The molecule has 0 aromatic heterocycles. The average Bonchev–Trinajstić information content (AvgIpc) is 3.37. The van der Waals surface area contributed by atoms with Gasteiger partial charge in [-0.1, -0.05) is 282 Å². The second kappa shape index (κ2) is 60.2. The van der Waals surface area contributed by atoms with E-state index in [4.69, 9.17) is 14.2 Å². The van der Waals surface area contributed by atoms with Gasteiger partial charge in [-0.15, -0.1) is 0 Å². The Hall–Kier alpha value is -2.37. The second-order valence-electron chi connectivity index (χ2n) is 21.3. The number of hydrogen-bond donors (Lipinski definition) is 0. The number of hydrogen-bond acceptors (Lipinski definition) is 6. The largest absolute Gasteiger partial charge is 0.462 e. The van der Waals surface area contributed by atoms with E-state index in [-0.39, 0.29) is 31.1 Å². The Morgan fingerprint density at radius 3 is 0.803 bits per heavy atom. The summed E-state index contributed by atoms with van der Waals surface area (Å²) in [7, 11) is 0. The highest BCUT2D eigenvalue weighted by Gasteiger charge is 2.19. The lowest BCUT2D eigenvalue weighted by molar-refractivity contribution is -0.167. The van der Waals surface area contributed by atoms with E-state index in [0.29, 0.717) is 19.3 Å². The fraction of sp³-hybridized carbons (Fsp3) is 0.862. The SMILES string of the molecule is CCCCCC/C=C\C/C=C\CCCCCCCC(=O)OCC(COC(=O)CCCCCCCCCCC/C=C\CCCCCCCC)OC(=O)CCCCCCCCCCCCCCCCCCCC. The van der Waals surface area contributed by atoms with Gasteiger partial charge in [0.1, 0.15) is 13.2 Å². The van der Waals surface area contributed by atoms with Gasteiger partial charge in [-0.05, 0) is 77.0 Å². The zero-order chi connectivity index (χ0) is 51.4. The van der Waals surface area contributed by atoms with Crippen molar-refractivity contribution in [3.05, 3.63) is 36.5 Å². The van der Waals surface area contributed by atoms with E-state index in [2.05, 4.69) is 57.2 Å². The molecule has 0 aliphatic carbocycles. The maximum Gasteiger partial charge on any atom is 0.306 e. The van der Waals surface area contributed by atoms with E-state index >= 15 is 0 Å². The van der Waals surface area contributed by atoms with Crippen molar-refractivity contribution in [1.82, 2.24) is 0 Å². The van der Waals surface area contributed by atoms with Crippen molar-refractivity contribution >= 4 is 17.9 Å². The van der Waals surface area contributed by atoms with Gasteiger partial charge in [-0.25, -0.2) is 0 Å². The van der Waals surface area contributed by atoms with Crippen LogP contribution < -0.4 is 0 Å². The van der Waals surface area contributed by atoms with Crippen molar-refractivity contribution in [1.29, 1.82) is 0 Å². The molecule has 1 unspecified atom stereocenters. The quantitative estimate of drug-likeness (QED) is 0.0261. The first-order chi connectivity index (χ1) is 35.0. The fourth-order valence-corrected chi connectivity index (χ4v) is 9.35. The molecule has 416 valence electrons. The lowest BCUT2D eigenvalue weighted by Gasteiger charge is -2.18. The first kappa shape index (κ1) is 68.6. The highest BCUT2D eigenvalue weighted by Crippen LogP contribution is 2.17. The minimum absolute atomic E-state index is 0.0737. The van der Waals surface area contributed by atoms with Crippen LogP contribution in [0, 0.1) is 0 Å². The van der Waals surface area contributed by atoms with Crippen LogP contribution in [0.1, 0.15) is 342 Å². The van der Waals surface area contributed by atoms with Crippen LogP contribution in [0.15, 0.2) is 36.5 Å². The number of ether oxygens (including phenoxy) is 3. The summed E-state index contributed by atoms with van der Waals surface area (Å²) >= 11 is 0. The van der Waals surface area contributed by atoms with E-state index in [9.17, 15) is 14.4 Å². The lowest BCUT2D eigenvalue weighted by Crippen LogP contribution is -2.30. The van der Waals surface area contributed by atoms with E-state index in [1.54, 1.807) is 0 Å². The first-order valence-corrected chi connectivity index (χ1v) is 31.5. The molecule has 0 rings (SSSR count). The van der Waals surface area contributed by atoms with Gasteiger partial charge < -0.3 is 14.2 Å². The van der Waals surface area contributed by atoms with Crippen molar-refractivity contribution in [3.63, 3.8) is 0 Å². The van der Waals surface area contributed by atoms with Crippen molar-refractivity contribution in [2.75, 3.05) is 13.2 Å². The summed E-state index contributed by atoms with van der Waals surface area (Å²) in [6.45, 7) is 6.66. The van der Waals surface area contributed by atoms with Crippen LogP contribution in [0.3, 0.4) is 0 Å². The molecule has 0 bridgehead atoms. The monoisotopic (exact) mass is 997 g/mol. The highest BCUT2D eigenvalue weighted by molar-refractivity contribution is 5.71. The van der Waals surface area contributed by atoms with Gasteiger partial charge in [-0.2, -0.15) is 0 Å². The molecule has 6 nitrogen and oxygen atoms in total. The summed E-state index contributed by atoms with van der Waals surface area (Å²) in [6, 6.07) is 0. The molecule has 0 heterocycles. The molecule has 0 amide bonds. The molecule has 0 aliphatic rings. The predicted octanol–water partition coefficient (Wildman–Crippen LogP) is 21.2.